The molecule has 0 aromatic carbocycles. The number of pyridine rings is 1. The van der Waals surface area contributed by atoms with Crippen LogP contribution in [0, 0.1) is 5.92 Å². The second-order valence-corrected chi connectivity index (χ2v) is 4.47. The highest BCUT2D eigenvalue weighted by atomic mass is 35.5. The molecule has 0 bridgehead atoms. The Labute approximate surface area is 95.6 Å². The minimum atomic E-state index is 0.549. The zero-order valence-corrected chi connectivity index (χ0v) is 9.61. The number of hydrogen-bond donors (Lipinski definition) is 0. The Morgan fingerprint density at radius 1 is 1.53 bits per heavy atom. The molecule has 1 fully saturated rings. The molecule has 0 amide bonds. The molecule has 0 saturated carbocycles. The van der Waals surface area contributed by atoms with E-state index in [1.165, 1.54) is 13.0 Å². The van der Waals surface area contributed by atoms with Gasteiger partial charge in [0.25, 0.3) is 0 Å². The van der Waals surface area contributed by atoms with Gasteiger partial charge in [-0.25, -0.2) is 4.98 Å². The average Bonchev–Trinajstić information content (AvgIpc) is 2.64. The minimum absolute atomic E-state index is 0.549. The normalized spacial score (nSPS) is 22.7. The quantitative estimate of drug-likeness (QED) is 0.716. The van der Waals surface area contributed by atoms with Crippen LogP contribution in [0.3, 0.4) is 0 Å². The molecule has 0 spiro atoms. The van der Waals surface area contributed by atoms with Crippen molar-refractivity contribution >= 4 is 17.7 Å². The van der Waals surface area contributed by atoms with Gasteiger partial charge in [-0.15, -0.1) is 0 Å². The van der Waals surface area contributed by atoms with Crippen molar-refractivity contribution in [1.29, 1.82) is 0 Å². The molecule has 3 heteroatoms. The van der Waals surface area contributed by atoms with Gasteiger partial charge in [0.15, 0.2) is 0 Å². The molecule has 2 heterocycles. The molecule has 1 aromatic heterocycles. The van der Waals surface area contributed by atoms with Crippen molar-refractivity contribution in [3.05, 3.63) is 35.1 Å². The van der Waals surface area contributed by atoms with Crippen LogP contribution in [0.5, 0.6) is 0 Å². The second-order valence-electron chi connectivity index (χ2n) is 4.08. The van der Waals surface area contributed by atoms with Crippen LogP contribution in [0.2, 0.25) is 5.15 Å². The summed E-state index contributed by atoms with van der Waals surface area (Å²) < 4.78 is 0. The fourth-order valence-electron chi connectivity index (χ4n) is 1.86. The van der Waals surface area contributed by atoms with Gasteiger partial charge in [-0.1, -0.05) is 29.8 Å². The Morgan fingerprint density at radius 3 is 3.00 bits per heavy atom. The topological polar surface area (TPSA) is 16.1 Å². The first kappa shape index (κ1) is 10.7. The van der Waals surface area contributed by atoms with Gasteiger partial charge < -0.3 is 4.90 Å². The smallest absolute Gasteiger partial charge is 0.129 e. The van der Waals surface area contributed by atoms with E-state index in [2.05, 4.69) is 29.1 Å². The highest BCUT2D eigenvalue weighted by Gasteiger charge is 2.15. The van der Waals surface area contributed by atoms with Crippen LogP contribution in [0.1, 0.15) is 12.0 Å². The summed E-state index contributed by atoms with van der Waals surface area (Å²) >= 11 is 5.72. The Kier molecular flexibility index (Phi) is 3.39. The van der Waals surface area contributed by atoms with E-state index < -0.39 is 0 Å². The lowest BCUT2D eigenvalue weighted by Gasteiger charge is -2.05. The maximum absolute atomic E-state index is 5.72. The van der Waals surface area contributed by atoms with Gasteiger partial charge in [0.05, 0.1) is 0 Å². The molecule has 1 saturated heterocycles. The molecular formula is C12H15ClN2. The summed E-state index contributed by atoms with van der Waals surface area (Å²) in [7, 11) is 2.16. The number of likely N-dealkylation sites (tertiary alicyclic amines) is 1. The predicted molar refractivity (Wildman–Crippen MR) is 63.9 cm³/mol. The molecule has 15 heavy (non-hydrogen) atoms. The zero-order valence-electron chi connectivity index (χ0n) is 8.86. The lowest BCUT2D eigenvalue weighted by molar-refractivity contribution is 0.408. The maximum Gasteiger partial charge on any atom is 0.129 e. The monoisotopic (exact) mass is 222 g/mol. The largest absolute Gasteiger partial charge is 0.306 e. The van der Waals surface area contributed by atoms with E-state index in [1.54, 1.807) is 6.20 Å². The van der Waals surface area contributed by atoms with Crippen LogP contribution in [-0.4, -0.2) is 30.0 Å². The van der Waals surface area contributed by atoms with Gasteiger partial charge in [-0.05, 0) is 37.6 Å². The van der Waals surface area contributed by atoms with Crippen LogP contribution < -0.4 is 0 Å². The van der Waals surface area contributed by atoms with E-state index in [9.17, 15) is 0 Å². The van der Waals surface area contributed by atoms with E-state index in [0.29, 0.717) is 11.1 Å². The molecule has 0 aliphatic carbocycles. The number of aromatic nitrogens is 1. The van der Waals surface area contributed by atoms with Crippen molar-refractivity contribution in [2.45, 2.75) is 6.42 Å². The number of halogens is 1. The molecule has 1 aliphatic heterocycles. The van der Waals surface area contributed by atoms with Crippen molar-refractivity contribution in [2.24, 2.45) is 5.92 Å². The Balaban J connectivity index is 1.96. The van der Waals surface area contributed by atoms with Crippen LogP contribution in [0.15, 0.2) is 24.4 Å². The molecule has 0 radical (unpaired) electrons. The third kappa shape index (κ3) is 3.05. The number of hydrogen-bond acceptors (Lipinski definition) is 2. The van der Waals surface area contributed by atoms with Crippen molar-refractivity contribution in [3.63, 3.8) is 0 Å². The first-order chi connectivity index (χ1) is 7.24. The summed E-state index contributed by atoms with van der Waals surface area (Å²) in [6.07, 6.45) is 7.47. The van der Waals surface area contributed by atoms with Gasteiger partial charge >= 0.3 is 0 Å². The van der Waals surface area contributed by atoms with Crippen LogP contribution in [0.4, 0.5) is 0 Å². The van der Waals surface area contributed by atoms with Gasteiger partial charge in [-0.2, -0.15) is 0 Å². The third-order valence-electron chi connectivity index (χ3n) is 2.74. The van der Waals surface area contributed by atoms with Crippen LogP contribution in [0.25, 0.3) is 6.08 Å². The molecule has 80 valence electrons. The van der Waals surface area contributed by atoms with Crippen molar-refractivity contribution in [1.82, 2.24) is 9.88 Å². The molecule has 1 aromatic rings. The third-order valence-corrected chi connectivity index (χ3v) is 2.96. The van der Waals surface area contributed by atoms with E-state index in [-0.39, 0.29) is 0 Å². The van der Waals surface area contributed by atoms with Crippen molar-refractivity contribution < 1.29 is 0 Å². The Morgan fingerprint density at radius 2 is 2.40 bits per heavy atom. The highest BCUT2D eigenvalue weighted by Crippen LogP contribution is 2.17. The summed E-state index contributed by atoms with van der Waals surface area (Å²) in [6.45, 7) is 2.37. The minimum Gasteiger partial charge on any atom is -0.306 e. The summed E-state index contributed by atoms with van der Waals surface area (Å²) in [5.41, 5.74) is 1.12. The molecule has 1 atom stereocenters. The molecule has 1 aliphatic rings. The fourth-order valence-corrected chi connectivity index (χ4v) is 1.97. The Hall–Kier alpha value is -0.860. The SMILES string of the molecule is CN1CC[C@@H](/C=C/c2ccc(Cl)nc2)C1. The van der Waals surface area contributed by atoms with Gasteiger partial charge in [0.1, 0.15) is 5.15 Å². The van der Waals surface area contributed by atoms with Crippen LogP contribution >= 0.6 is 11.6 Å². The van der Waals surface area contributed by atoms with Crippen LogP contribution in [-0.2, 0) is 0 Å². The molecule has 2 rings (SSSR count). The first-order valence-corrected chi connectivity index (χ1v) is 5.60. The van der Waals surface area contributed by atoms with E-state index in [1.807, 2.05) is 12.1 Å². The fraction of sp³-hybridized carbons (Fsp3) is 0.417. The number of rotatable bonds is 2. The van der Waals surface area contributed by atoms with Crippen molar-refractivity contribution in [3.8, 4) is 0 Å². The number of nitrogens with zero attached hydrogens (tertiary/aromatic N) is 2. The average molecular weight is 223 g/mol. The lowest BCUT2D eigenvalue weighted by atomic mass is 10.1. The highest BCUT2D eigenvalue weighted by molar-refractivity contribution is 6.29. The molecule has 0 N–H and O–H groups in total. The van der Waals surface area contributed by atoms with Gasteiger partial charge in [0, 0.05) is 12.7 Å². The van der Waals surface area contributed by atoms with Crippen molar-refractivity contribution in [2.75, 3.05) is 20.1 Å². The first-order valence-electron chi connectivity index (χ1n) is 5.22. The molecule has 2 nitrogen and oxygen atoms in total. The lowest BCUT2D eigenvalue weighted by Crippen LogP contribution is -2.13. The molecular weight excluding hydrogens is 208 g/mol. The zero-order chi connectivity index (χ0) is 10.7. The maximum atomic E-state index is 5.72. The second kappa shape index (κ2) is 4.77. The summed E-state index contributed by atoms with van der Waals surface area (Å²) in [5.74, 6) is 0.686. The van der Waals surface area contributed by atoms with E-state index in [0.717, 1.165) is 12.1 Å². The predicted octanol–water partition coefficient (Wildman–Crippen LogP) is 2.70. The Bertz CT molecular complexity index is 345. The summed E-state index contributed by atoms with van der Waals surface area (Å²) in [5, 5.41) is 0.549. The van der Waals surface area contributed by atoms with E-state index >= 15 is 0 Å². The van der Waals surface area contributed by atoms with Gasteiger partial charge in [0.2, 0.25) is 0 Å². The molecule has 0 unspecified atom stereocenters. The summed E-state index contributed by atoms with van der Waals surface area (Å²) in [4.78, 5) is 6.40. The van der Waals surface area contributed by atoms with Gasteiger partial charge in [-0.3, -0.25) is 0 Å². The standard InChI is InChI=1S/C12H15ClN2/c1-15-7-6-11(9-15)3-2-10-4-5-12(13)14-8-10/h2-5,8,11H,6-7,9H2,1H3/b3-2+/t11-/m1/s1. The van der Waals surface area contributed by atoms with E-state index in [4.69, 9.17) is 11.6 Å². The summed E-state index contributed by atoms with van der Waals surface area (Å²) in [6, 6.07) is 3.81.